The molecular formula is C24H46N4. The van der Waals surface area contributed by atoms with E-state index in [0.29, 0.717) is 11.1 Å². The first-order valence-electron chi connectivity index (χ1n) is 12.2. The Hall–Kier alpha value is -0.160. The number of hydrogen-bond acceptors (Lipinski definition) is 4. The van der Waals surface area contributed by atoms with Crippen LogP contribution in [0.3, 0.4) is 0 Å². The van der Waals surface area contributed by atoms with Crippen molar-refractivity contribution in [3.05, 3.63) is 0 Å². The first-order valence-corrected chi connectivity index (χ1v) is 12.2. The third-order valence-corrected chi connectivity index (χ3v) is 8.85. The molecule has 28 heavy (non-hydrogen) atoms. The van der Waals surface area contributed by atoms with Gasteiger partial charge in [0.1, 0.15) is 0 Å². The molecule has 0 amide bonds. The molecule has 0 saturated carbocycles. The summed E-state index contributed by atoms with van der Waals surface area (Å²) in [6.07, 6.45) is 8.26. The topological polar surface area (TPSA) is 13.0 Å². The average Bonchev–Trinajstić information content (AvgIpc) is 3.36. The molecule has 0 bridgehead atoms. The van der Waals surface area contributed by atoms with Crippen LogP contribution in [0.2, 0.25) is 0 Å². The van der Waals surface area contributed by atoms with Crippen LogP contribution in [0.25, 0.3) is 0 Å². The molecule has 4 saturated heterocycles. The Morgan fingerprint density at radius 1 is 0.679 bits per heavy atom. The Kier molecular flexibility index (Phi) is 6.15. The van der Waals surface area contributed by atoms with Gasteiger partial charge in [-0.1, -0.05) is 0 Å². The van der Waals surface area contributed by atoms with Crippen LogP contribution in [-0.4, -0.2) is 96.1 Å². The van der Waals surface area contributed by atoms with E-state index >= 15 is 0 Å². The predicted molar refractivity (Wildman–Crippen MR) is 119 cm³/mol. The number of fused-ring (bicyclic) bond motifs is 1. The summed E-state index contributed by atoms with van der Waals surface area (Å²) in [4.78, 5) is 10.9. The number of piperidine rings is 1. The first-order chi connectivity index (χ1) is 13.2. The molecule has 162 valence electrons. The van der Waals surface area contributed by atoms with Gasteiger partial charge in [-0.05, 0) is 98.2 Å². The van der Waals surface area contributed by atoms with E-state index in [9.17, 15) is 0 Å². The van der Waals surface area contributed by atoms with Crippen molar-refractivity contribution in [2.75, 3.05) is 59.4 Å². The molecule has 4 heteroatoms. The quantitative estimate of drug-likeness (QED) is 0.689. The lowest BCUT2D eigenvalue weighted by molar-refractivity contribution is 0.0350. The SMILES string of the molecule is CN1CC2CN(C(C)(C)CCC(C)(C)N3CCC(N4CCCC4)CC3)CC2C1. The molecule has 4 rings (SSSR count). The van der Waals surface area contributed by atoms with Gasteiger partial charge in [-0.3, -0.25) is 9.80 Å². The summed E-state index contributed by atoms with van der Waals surface area (Å²) < 4.78 is 0. The highest BCUT2D eigenvalue weighted by Crippen LogP contribution is 2.37. The van der Waals surface area contributed by atoms with Crippen LogP contribution in [0, 0.1) is 11.8 Å². The molecule has 0 N–H and O–H groups in total. The maximum Gasteiger partial charge on any atom is 0.0154 e. The van der Waals surface area contributed by atoms with E-state index in [1.54, 1.807) is 0 Å². The van der Waals surface area contributed by atoms with Gasteiger partial charge in [0, 0.05) is 56.4 Å². The minimum Gasteiger partial charge on any atom is -0.306 e. The minimum absolute atomic E-state index is 0.336. The van der Waals surface area contributed by atoms with Crippen LogP contribution in [0.4, 0.5) is 0 Å². The zero-order valence-corrected chi connectivity index (χ0v) is 19.4. The smallest absolute Gasteiger partial charge is 0.0154 e. The Morgan fingerprint density at radius 3 is 1.71 bits per heavy atom. The zero-order valence-electron chi connectivity index (χ0n) is 19.4. The van der Waals surface area contributed by atoms with Gasteiger partial charge < -0.3 is 9.80 Å². The highest BCUT2D eigenvalue weighted by Gasteiger charge is 2.44. The maximum atomic E-state index is 2.82. The number of likely N-dealkylation sites (tertiary alicyclic amines) is 4. The van der Waals surface area contributed by atoms with E-state index < -0.39 is 0 Å². The van der Waals surface area contributed by atoms with Crippen LogP contribution < -0.4 is 0 Å². The molecule has 0 aliphatic carbocycles. The molecule has 4 fully saturated rings. The van der Waals surface area contributed by atoms with E-state index in [-0.39, 0.29) is 0 Å². The van der Waals surface area contributed by atoms with E-state index in [2.05, 4.69) is 54.3 Å². The summed E-state index contributed by atoms with van der Waals surface area (Å²) in [6, 6.07) is 0.869. The van der Waals surface area contributed by atoms with Gasteiger partial charge in [-0.15, -0.1) is 0 Å². The predicted octanol–water partition coefficient (Wildman–Crippen LogP) is 3.38. The molecule has 4 nitrogen and oxygen atoms in total. The van der Waals surface area contributed by atoms with Crippen molar-refractivity contribution in [3.8, 4) is 0 Å². The van der Waals surface area contributed by atoms with Gasteiger partial charge in [0.25, 0.3) is 0 Å². The van der Waals surface area contributed by atoms with Crippen molar-refractivity contribution in [2.24, 2.45) is 11.8 Å². The van der Waals surface area contributed by atoms with Crippen molar-refractivity contribution < 1.29 is 0 Å². The summed E-state index contributed by atoms with van der Waals surface area (Å²) in [5.41, 5.74) is 0.678. The summed E-state index contributed by atoms with van der Waals surface area (Å²) >= 11 is 0. The number of rotatable bonds is 6. The zero-order chi connectivity index (χ0) is 19.9. The first kappa shape index (κ1) is 21.1. The fourth-order valence-electron chi connectivity index (χ4n) is 6.59. The third kappa shape index (κ3) is 4.45. The monoisotopic (exact) mass is 390 g/mol. The van der Waals surface area contributed by atoms with Crippen LogP contribution in [0.1, 0.15) is 66.2 Å². The van der Waals surface area contributed by atoms with Crippen LogP contribution in [0.5, 0.6) is 0 Å². The summed E-state index contributed by atoms with van der Waals surface area (Å²) in [6.45, 7) is 20.6. The second-order valence-electron chi connectivity index (χ2n) is 11.7. The van der Waals surface area contributed by atoms with Crippen LogP contribution in [0.15, 0.2) is 0 Å². The second kappa shape index (κ2) is 8.17. The van der Waals surface area contributed by atoms with Gasteiger partial charge >= 0.3 is 0 Å². The molecule has 4 aliphatic heterocycles. The van der Waals surface area contributed by atoms with Gasteiger partial charge in [-0.2, -0.15) is 0 Å². The molecule has 0 radical (unpaired) electrons. The van der Waals surface area contributed by atoms with Crippen molar-refractivity contribution in [1.82, 2.24) is 19.6 Å². The molecule has 0 aromatic heterocycles. The van der Waals surface area contributed by atoms with Gasteiger partial charge in [0.15, 0.2) is 0 Å². The maximum absolute atomic E-state index is 2.82. The van der Waals surface area contributed by atoms with Gasteiger partial charge in [0.2, 0.25) is 0 Å². The van der Waals surface area contributed by atoms with Crippen molar-refractivity contribution in [1.29, 1.82) is 0 Å². The fourth-order valence-corrected chi connectivity index (χ4v) is 6.59. The third-order valence-electron chi connectivity index (χ3n) is 8.85. The molecule has 2 atom stereocenters. The standard InChI is InChI=1S/C24H46N4/c1-23(2,27-14-8-22(9-15-27)26-12-6-7-13-26)10-11-24(3,4)28-18-20-16-25(5)17-21(20)19-28/h20-22H,6-19H2,1-5H3. The van der Waals surface area contributed by atoms with E-state index in [4.69, 9.17) is 0 Å². The van der Waals surface area contributed by atoms with Gasteiger partial charge in [0.05, 0.1) is 0 Å². The largest absolute Gasteiger partial charge is 0.306 e. The van der Waals surface area contributed by atoms with Crippen LogP contribution in [-0.2, 0) is 0 Å². The Labute approximate surface area is 174 Å². The normalized spacial score (nSPS) is 32.5. The molecule has 0 aromatic rings. The van der Waals surface area contributed by atoms with Crippen LogP contribution >= 0.6 is 0 Å². The Morgan fingerprint density at radius 2 is 1.18 bits per heavy atom. The number of nitrogens with zero attached hydrogens (tertiary/aromatic N) is 4. The molecule has 0 aromatic carbocycles. The van der Waals surface area contributed by atoms with E-state index in [1.807, 2.05) is 0 Å². The van der Waals surface area contributed by atoms with Crippen molar-refractivity contribution in [3.63, 3.8) is 0 Å². The summed E-state index contributed by atoms with van der Waals surface area (Å²) in [5.74, 6) is 1.84. The highest BCUT2D eigenvalue weighted by molar-refractivity contribution is 4.98. The summed E-state index contributed by atoms with van der Waals surface area (Å²) in [5, 5.41) is 0. The number of hydrogen-bond donors (Lipinski definition) is 0. The van der Waals surface area contributed by atoms with E-state index in [0.717, 1.165) is 17.9 Å². The van der Waals surface area contributed by atoms with Crippen molar-refractivity contribution in [2.45, 2.75) is 83.3 Å². The summed E-state index contributed by atoms with van der Waals surface area (Å²) in [7, 11) is 2.29. The second-order valence-corrected chi connectivity index (χ2v) is 11.7. The lowest BCUT2D eigenvalue weighted by Crippen LogP contribution is -2.53. The average molecular weight is 391 g/mol. The highest BCUT2D eigenvalue weighted by atomic mass is 15.3. The Bertz CT molecular complexity index is 503. The molecular weight excluding hydrogens is 344 g/mol. The molecule has 4 aliphatic rings. The lowest BCUT2D eigenvalue weighted by atomic mass is 9.85. The molecule has 0 spiro atoms. The Balaban J connectivity index is 1.25. The molecule has 4 heterocycles. The van der Waals surface area contributed by atoms with E-state index in [1.165, 1.54) is 90.9 Å². The minimum atomic E-state index is 0.336. The fraction of sp³-hybridized carbons (Fsp3) is 1.00. The molecule has 2 unspecified atom stereocenters. The lowest BCUT2D eigenvalue weighted by Gasteiger charge is -2.46. The van der Waals surface area contributed by atoms with Gasteiger partial charge in [-0.25, -0.2) is 0 Å². The van der Waals surface area contributed by atoms with Crippen molar-refractivity contribution >= 4 is 0 Å².